The monoisotopic (exact) mass is 222 g/mol. The zero-order chi connectivity index (χ0) is 11.8. The van der Waals surface area contributed by atoms with Gasteiger partial charge in [-0.3, -0.25) is 0 Å². The fraction of sp³-hybridized carbons (Fsp3) is 0.923. The molecule has 3 heteroatoms. The van der Waals surface area contributed by atoms with E-state index in [1.807, 2.05) is 7.05 Å². The molecule has 0 aromatic heterocycles. The van der Waals surface area contributed by atoms with E-state index in [1.54, 1.807) is 0 Å². The number of aliphatic hydroxyl groups is 1. The van der Waals surface area contributed by atoms with Gasteiger partial charge >= 0.3 is 0 Å². The largest absolute Gasteiger partial charge is 0.387 e. The number of nitrogens with zero attached hydrogens (tertiary/aromatic N) is 2. The molecule has 3 nitrogen and oxygen atoms in total. The van der Waals surface area contributed by atoms with Crippen molar-refractivity contribution in [2.45, 2.75) is 44.6 Å². The van der Waals surface area contributed by atoms with Gasteiger partial charge in [0.25, 0.3) is 0 Å². The lowest BCUT2D eigenvalue weighted by atomic mass is 9.67. The van der Waals surface area contributed by atoms with Crippen LogP contribution in [0.25, 0.3) is 0 Å². The average molecular weight is 222 g/mol. The van der Waals surface area contributed by atoms with Crippen molar-refractivity contribution < 1.29 is 5.11 Å². The number of hydrogen-bond donors (Lipinski definition) is 1. The summed E-state index contributed by atoms with van der Waals surface area (Å²) >= 11 is 0. The maximum absolute atomic E-state index is 10.8. The molecule has 3 atom stereocenters. The van der Waals surface area contributed by atoms with Crippen molar-refractivity contribution >= 4 is 0 Å². The topological polar surface area (TPSA) is 47.3 Å². The summed E-state index contributed by atoms with van der Waals surface area (Å²) in [4.78, 5) is 2.16. The van der Waals surface area contributed by atoms with E-state index >= 15 is 0 Å². The minimum atomic E-state index is -0.778. The van der Waals surface area contributed by atoms with Crippen LogP contribution in [0.4, 0.5) is 0 Å². The number of likely N-dealkylation sites (tertiary alicyclic amines) is 1. The number of piperidine rings is 1. The van der Waals surface area contributed by atoms with Gasteiger partial charge in [-0.1, -0.05) is 6.92 Å². The Hall–Kier alpha value is -0.590. The Morgan fingerprint density at radius 1 is 1.44 bits per heavy atom. The average Bonchev–Trinajstić information content (AvgIpc) is 2.61. The van der Waals surface area contributed by atoms with E-state index in [2.05, 4.69) is 17.9 Å². The molecule has 2 fully saturated rings. The number of hydrogen-bond acceptors (Lipinski definition) is 3. The van der Waals surface area contributed by atoms with Gasteiger partial charge in [-0.2, -0.15) is 5.26 Å². The fourth-order valence-corrected chi connectivity index (χ4v) is 3.56. The molecule has 1 saturated heterocycles. The normalized spacial score (nSPS) is 45.5. The second-order valence-electron chi connectivity index (χ2n) is 5.91. The summed E-state index contributed by atoms with van der Waals surface area (Å²) in [6.45, 7) is 3.89. The highest BCUT2D eigenvalue weighted by molar-refractivity contribution is 5.16. The summed E-state index contributed by atoms with van der Waals surface area (Å²) in [5.41, 5.74) is -1.26. The van der Waals surface area contributed by atoms with Crippen molar-refractivity contribution in [2.75, 3.05) is 20.1 Å². The van der Waals surface area contributed by atoms with Crippen molar-refractivity contribution in [1.82, 2.24) is 4.90 Å². The minimum absolute atomic E-state index is 0.485. The molecular weight excluding hydrogens is 200 g/mol. The second kappa shape index (κ2) is 4.01. The maximum Gasteiger partial charge on any atom is 0.0959 e. The summed E-state index contributed by atoms with van der Waals surface area (Å²) in [6, 6.07) is 2.46. The lowest BCUT2D eigenvalue weighted by molar-refractivity contribution is -0.0977. The molecular formula is C13H22N2O. The lowest BCUT2D eigenvalue weighted by Gasteiger charge is -2.46. The molecule has 0 aromatic rings. The number of nitriles is 1. The van der Waals surface area contributed by atoms with Crippen LogP contribution in [0.3, 0.4) is 0 Å². The maximum atomic E-state index is 10.8. The van der Waals surface area contributed by atoms with Gasteiger partial charge in [-0.05, 0) is 51.6 Å². The molecule has 16 heavy (non-hydrogen) atoms. The first-order valence-corrected chi connectivity index (χ1v) is 6.33. The van der Waals surface area contributed by atoms with Crippen LogP contribution in [0, 0.1) is 22.7 Å². The van der Waals surface area contributed by atoms with Crippen molar-refractivity contribution in [3.63, 3.8) is 0 Å². The minimum Gasteiger partial charge on any atom is -0.387 e. The van der Waals surface area contributed by atoms with Gasteiger partial charge < -0.3 is 10.0 Å². The second-order valence-corrected chi connectivity index (χ2v) is 5.91. The Labute approximate surface area is 98.1 Å². The Morgan fingerprint density at radius 3 is 2.69 bits per heavy atom. The highest BCUT2D eigenvalue weighted by Gasteiger charge is 2.54. The van der Waals surface area contributed by atoms with Crippen LogP contribution >= 0.6 is 0 Å². The van der Waals surface area contributed by atoms with E-state index in [1.165, 1.54) is 0 Å². The molecule has 0 amide bonds. The van der Waals surface area contributed by atoms with Gasteiger partial charge in [0.05, 0.1) is 17.1 Å². The molecule has 1 N–H and O–H groups in total. The molecule has 3 unspecified atom stereocenters. The van der Waals surface area contributed by atoms with Crippen molar-refractivity contribution in [2.24, 2.45) is 11.3 Å². The molecule has 1 aliphatic heterocycles. The van der Waals surface area contributed by atoms with Crippen LogP contribution in [-0.4, -0.2) is 35.7 Å². The van der Waals surface area contributed by atoms with Crippen LogP contribution in [-0.2, 0) is 0 Å². The molecule has 1 aliphatic carbocycles. The van der Waals surface area contributed by atoms with E-state index in [-0.39, 0.29) is 0 Å². The summed E-state index contributed by atoms with van der Waals surface area (Å²) in [6.07, 6.45) is 4.62. The van der Waals surface area contributed by atoms with E-state index in [9.17, 15) is 10.4 Å². The number of likely N-dealkylation sites (N-methyl/N-ethyl adjacent to an activating group) is 1. The summed E-state index contributed by atoms with van der Waals surface area (Å²) in [5.74, 6) is 0.580. The molecule has 0 aromatic carbocycles. The van der Waals surface area contributed by atoms with Crippen LogP contribution in [0.5, 0.6) is 0 Å². The zero-order valence-electron chi connectivity index (χ0n) is 10.4. The van der Waals surface area contributed by atoms with E-state index in [0.717, 1.165) is 38.6 Å². The Bertz CT molecular complexity index is 312. The van der Waals surface area contributed by atoms with Crippen molar-refractivity contribution in [3.8, 4) is 6.07 Å². The number of rotatable bonds is 1. The first-order chi connectivity index (χ1) is 7.51. The Balaban J connectivity index is 2.23. The van der Waals surface area contributed by atoms with Crippen molar-refractivity contribution in [1.29, 1.82) is 5.26 Å². The van der Waals surface area contributed by atoms with Gasteiger partial charge in [0.2, 0.25) is 0 Å². The van der Waals surface area contributed by atoms with E-state index in [0.29, 0.717) is 12.5 Å². The lowest BCUT2D eigenvalue weighted by Crippen LogP contribution is -2.56. The van der Waals surface area contributed by atoms with Crippen LogP contribution in [0.15, 0.2) is 0 Å². The molecule has 0 radical (unpaired) electrons. The first kappa shape index (κ1) is 11.9. The Morgan fingerprint density at radius 2 is 2.19 bits per heavy atom. The van der Waals surface area contributed by atoms with Gasteiger partial charge in [0.1, 0.15) is 0 Å². The third kappa shape index (κ3) is 1.74. The SMILES string of the molecule is CC1CCC(C#N)(C2(O)CCCN(C)C2)C1. The highest BCUT2D eigenvalue weighted by atomic mass is 16.3. The van der Waals surface area contributed by atoms with Crippen molar-refractivity contribution in [3.05, 3.63) is 0 Å². The molecule has 1 heterocycles. The first-order valence-electron chi connectivity index (χ1n) is 6.33. The smallest absolute Gasteiger partial charge is 0.0959 e. The predicted molar refractivity (Wildman–Crippen MR) is 62.7 cm³/mol. The number of β-amino-alcohol motifs (C(OH)–C–C–N with tert-alkyl or cyclic N) is 1. The van der Waals surface area contributed by atoms with Crippen LogP contribution in [0.1, 0.15) is 39.0 Å². The molecule has 90 valence electrons. The summed E-state index contributed by atoms with van der Waals surface area (Å²) in [5, 5.41) is 20.4. The Kier molecular flexibility index (Phi) is 2.98. The van der Waals surface area contributed by atoms with Gasteiger partial charge in [0, 0.05) is 6.54 Å². The summed E-state index contributed by atoms with van der Waals surface area (Å²) in [7, 11) is 2.04. The highest BCUT2D eigenvalue weighted by Crippen LogP contribution is 2.51. The summed E-state index contributed by atoms with van der Waals surface area (Å²) < 4.78 is 0. The van der Waals surface area contributed by atoms with Crippen LogP contribution < -0.4 is 0 Å². The molecule has 0 spiro atoms. The van der Waals surface area contributed by atoms with E-state index in [4.69, 9.17) is 0 Å². The quantitative estimate of drug-likeness (QED) is 0.735. The molecule has 2 aliphatic rings. The van der Waals surface area contributed by atoms with Gasteiger partial charge in [-0.15, -0.1) is 0 Å². The van der Waals surface area contributed by atoms with E-state index < -0.39 is 11.0 Å². The third-order valence-corrected chi connectivity index (χ3v) is 4.53. The molecule has 2 rings (SSSR count). The van der Waals surface area contributed by atoms with Crippen LogP contribution in [0.2, 0.25) is 0 Å². The van der Waals surface area contributed by atoms with Gasteiger partial charge in [-0.25, -0.2) is 0 Å². The predicted octanol–water partition coefficient (Wildman–Crippen LogP) is 1.77. The third-order valence-electron chi connectivity index (χ3n) is 4.53. The standard InChI is InChI=1S/C13H22N2O/c1-11-4-6-12(8-11,9-14)13(16)5-3-7-15(2)10-13/h11,16H,3-8,10H2,1-2H3. The fourth-order valence-electron chi connectivity index (χ4n) is 3.56. The zero-order valence-corrected chi connectivity index (χ0v) is 10.4. The molecule has 1 saturated carbocycles. The molecule has 0 bridgehead atoms. The van der Waals surface area contributed by atoms with Gasteiger partial charge in [0.15, 0.2) is 0 Å².